The summed E-state index contributed by atoms with van der Waals surface area (Å²) in [5.74, 6) is 1.69. The molecule has 0 N–H and O–H groups in total. The minimum Gasteiger partial charge on any atom is -0.315 e. The molecule has 0 aliphatic heterocycles. The Morgan fingerprint density at radius 1 is 0.778 bits per heavy atom. The Morgan fingerprint density at radius 2 is 1.44 bits per heavy atom. The van der Waals surface area contributed by atoms with E-state index in [0.717, 1.165) is 50.7 Å². The minimum atomic E-state index is 0. The predicted molar refractivity (Wildman–Crippen MR) is 140 cm³/mol. The monoisotopic (exact) mass is 647 g/mol. The second-order valence-corrected chi connectivity index (χ2v) is 8.77. The molecule has 0 saturated heterocycles. The van der Waals surface area contributed by atoms with Gasteiger partial charge < -0.3 is 4.57 Å². The van der Waals surface area contributed by atoms with E-state index in [4.69, 9.17) is 4.98 Å². The molecule has 1 radical (unpaired) electrons. The van der Waals surface area contributed by atoms with Crippen LogP contribution in [-0.2, 0) is 20.1 Å². The Morgan fingerprint density at radius 3 is 2.14 bits per heavy atom. The van der Waals surface area contributed by atoms with Gasteiger partial charge in [0.25, 0.3) is 0 Å². The van der Waals surface area contributed by atoms with Crippen LogP contribution in [0.25, 0.3) is 44.9 Å². The van der Waals surface area contributed by atoms with Crippen molar-refractivity contribution in [2.75, 3.05) is 0 Å². The first-order valence-electron chi connectivity index (χ1n) is 11.6. The number of imidazole rings is 1. The first kappa shape index (κ1) is 23.9. The molecule has 0 spiro atoms. The molecule has 0 bridgehead atoms. The minimum absolute atomic E-state index is 0. The van der Waals surface area contributed by atoms with Gasteiger partial charge in [-0.1, -0.05) is 48.5 Å². The average Bonchev–Trinajstić information content (AvgIpc) is 3.48. The Labute approximate surface area is 223 Å². The van der Waals surface area contributed by atoms with Crippen molar-refractivity contribution in [1.29, 1.82) is 0 Å². The third kappa shape index (κ3) is 4.09. The zero-order chi connectivity index (χ0) is 23.9. The summed E-state index contributed by atoms with van der Waals surface area (Å²) in [7, 11) is 0. The van der Waals surface area contributed by atoms with Gasteiger partial charge >= 0.3 is 0 Å². The van der Waals surface area contributed by atoms with Crippen LogP contribution < -0.4 is 0 Å². The van der Waals surface area contributed by atoms with Crippen LogP contribution in [0.1, 0.15) is 17.0 Å². The number of hydrogen-bond donors (Lipinski definition) is 0. The van der Waals surface area contributed by atoms with E-state index in [1.54, 1.807) is 6.33 Å². The maximum atomic E-state index is 4.75. The first-order chi connectivity index (χ1) is 17.1. The van der Waals surface area contributed by atoms with E-state index in [2.05, 4.69) is 89.2 Å². The second-order valence-electron chi connectivity index (χ2n) is 8.77. The van der Waals surface area contributed by atoms with Crippen LogP contribution >= 0.6 is 0 Å². The Kier molecular flexibility index (Phi) is 6.40. The largest absolute Gasteiger partial charge is 0.315 e. The third-order valence-electron chi connectivity index (χ3n) is 6.37. The zero-order valence-electron chi connectivity index (χ0n) is 20.2. The quantitative estimate of drug-likeness (QED) is 0.201. The van der Waals surface area contributed by atoms with Crippen LogP contribution in [0.2, 0.25) is 0 Å². The van der Waals surface area contributed by atoms with Gasteiger partial charge in [0.1, 0.15) is 6.33 Å². The van der Waals surface area contributed by atoms with Crippen molar-refractivity contribution < 1.29 is 20.1 Å². The smallest absolute Gasteiger partial charge is 0.127 e. The molecule has 2 aromatic heterocycles. The molecule has 0 unspecified atom stereocenters. The Balaban J connectivity index is 0.00000267. The molecular formula is C30H24IrN5-. The number of aryl methyl sites for hydroxylation is 3. The van der Waals surface area contributed by atoms with Gasteiger partial charge in [0.05, 0.1) is 17.3 Å². The van der Waals surface area contributed by atoms with E-state index in [0.29, 0.717) is 0 Å². The first-order valence-corrected chi connectivity index (χ1v) is 11.6. The number of aromatic nitrogens is 5. The summed E-state index contributed by atoms with van der Waals surface area (Å²) in [6.07, 6.45) is 1.61. The standard InChI is InChI=1S/C30H24N5.Ir/c1-20-16-25(23-10-6-4-7-11-23)17-21(2)29(20)35-30(31-19-32-35)24-14-15-27-28(18-24)34(22(3)33-27)26-12-8-5-9-13-26;/h4-13,15-19H,1-3H3;/q-1;. The number of hydrogen-bond acceptors (Lipinski definition) is 3. The van der Waals surface area contributed by atoms with Crippen LogP contribution in [0.4, 0.5) is 0 Å². The summed E-state index contributed by atoms with van der Waals surface area (Å²) >= 11 is 0. The fourth-order valence-electron chi connectivity index (χ4n) is 4.85. The maximum Gasteiger partial charge on any atom is 0.127 e. The van der Waals surface area contributed by atoms with E-state index in [-0.39, 0.29) is 20.1 Å². The van der Waals surface area contributed by atoms with Gasteiger partial charge in [-0.25, -0.2) is 0 Å². The van der Waals surface area contributed by atoms with Gasteiger partial charge in [0.15, 0.2) is 0 Å². The van der Waals surface area contributed by atoms with Crippen molar-refractivity contribution in [2.45, 2.75) is 20.8 Å². The maximum absolute atomic E-state index is 4.75. The topological polar surface area (TPSA) is 48.5 Å². The van der Waals surface area contributed by atoms with E-state index in [1.807, 2.05) is 41.9 Å². The van der Waals surface area contributed by atoms with Gasteiger partial charge in [-0.3, -0.25) is 14.6 Å². The Hall–Kier alpha value is -3.86. The Bertz CT molecular complexity index is 1640. The van der Waals surface area contributed by atoms with Crippen LogP contribution in [0, 0.1) is 26.8 Å². The van der Waals surface area contributed by atoms with Crippen molar-refractivity contribution in [3.8, 4) is 33.9 Å². The molecule has 6 heteroatoms. The molecule has 0 saturated carbocycles. The second kappa shape index (κ2) is 9.65. The summed E-state index contributed by atoms with van der Waals surface area (Å²) in [5, 5.41) is 4.62. The van der Waals surface area contributed by atoms with Gasteiger partial charge in [-0.15, -0.1) is 23.8 Å². The number of rotatable bonds is 4. The van der Waals surface area contributed by atoms with Crippen molar-refractivity contribution in [2.24, 2.45) is 0 Å². The van der Waals surface area contributed by atoms with E-state index < -0.39 is 0 Å². The fourth-order valence-corrected chi connectivity index (χ4v) is 4.85. The summed E-state index contributed by atoms with van der Waals surface area (Å²) in [5.41, 5.74) is 9.59. The van der Waals surface area contributed by atoms with Gasteiger partial charge in [0.2, 0.25) is 0 Å². The number of para-hydroxylation sites is 1. The third-order valence-corrected chi connectivity index (χ3v) is 6.37. The molecule has 179 valence electrons. The van der Waals surface area contributed by atoms with Gasteiger partial charge in [0, 0.05) is 31.3 Å². The number of fused-ring (bicyclic) bond motifs is 1. The average molecular weight is 647 g/mol. The molecule has 0 aliphatic carbocycles. The molecule has 5 nitrogen and oxygen atoms in total. The van der Waals surface area contributed by atoms with E-state index in [9.17, 15) is 0 Å². The molecule has 0 atom stereocenters. The normalized spacial score (nSPS) is 11.0. The molecule has 4 aromatic carbocycles. The number of benzene rings is 4. The van der Waals surface area contributed by atoms with Crippen molar-refractivity contribution in [1.82, 2.24) is 24.3 Å². The van der Waals surface area contributed by atoms with E-state index in [1.165, 1.54) is 11.1 Å². The van der Waals surface area contributed by atoms with Crippen molar-refractivity contribution in [3.05, 3.63) is 114 Å². The van der Waals surface area contributed by atoms with Crippen LogP contribution in [-0.4, -0.2) is 24.3 Å². The SMILES string of the molecule is Cc1cc(-c2ccccc2)cc(C)c1-n1ncnc1-c1[c-]cc2nc(C)n(-c3ccccc3)c2c1.[Ir]. The molecule has 0 amide bonds. The predicted octanol–water partition coefficient (Wildman–Crippen LogP) is 6.66. The molecular weight excluding hydrogens is 623 g/mol. The molecule has 0 aliphatic rings. The number of nitrogens with zero attached hydrogens (tertiary/aromatic N) is 5. The van der Waals surface area contributed by atoms with Crippen LogP contribution in [0.15, 0.2) is 91.3 Å². The molecule has 0 fully saturated rings. The van der Waals surface area contributed by atoms with Crippen molar-refractivity contribution in [3.63, 3.8) is 0 Å². The summed E-state index contributed by atoms with van der Waals surface area (Å²) in [6.45, 7) is 6.28. The molecule has 6 rings (SSSR count). The molecule has 36 heavy (non-hydrogen) atoms. The van der Waals surface area contributed by atoms with Crippen LogP contribution in [0.5, 0.6) is 0 Å². The molecule has 2 heterocycles. The summed E-state index contributed by atoms with van der Waals surface area (Å²) in [4.78, 5) is 9.38. The summed E-state index contributed by atoms with van der Waals surface area (Å²) < 4.78 is 4.09. The fraction of sp³-hybridized carbons (Fsp3) is 0.100. The van der Waals surface area contributed by atoms with Gasteiger partial charge in [-0.2, -0.15) is 5.10 Å². The van der Waals surface area contributed by atoms with E-state index >= 15 is 0 Å². The zero-order valence-corrected chi connectivity index (χ0v) is 22.6. The van der Waals surface area contributed by atoms with Crippen LogP contribution in [0.3, 0.4) is 0 Å². The summed E-state index contributed by atoms with van der Waals surface area (Å²) in [6, 6.07) is 32.6. The molecule has 6 aromatic rings. The van der Waals surface area contributed by atoms with Crippen molar-refractivity contribution >= 4 is 11.0 Å². The van der Waals surface area contributed by atoms with Gasteiger partial charge in [-0.05, 0) is 72.8 Å².